The molecule has 1 aromatic carbocycles. The Balaban J connectivity index is 0.00000400. The van der Waals surface area contributed by atoms with Gasteiger partial charge in [-0.05, 0) is 31.9 Å². The van der Waals surface area contributed by atoms with Crippen molar-refractivity contribution < 1.29 is 14.6 Å². The maximum absolute atomic E-state index is 10.5. The average Bonchev–Trinajstić information content (AvgIpc) is 2.46. The van der Waals surface area contributed by atoms with E-state index in [1.807, 2.05) is 18.2 Å². The highest BCUT2D eigenvalue weighted by molar-refractivity contribution is 5.85. The first kappa shape index (κ1) is 19.9. The quantitative estimate of drug-likeness (QED) is 0.673. The van der Waals surface area contributed by atoms with Crippen molar-refractivity contribution in [1.29, 1.82) is 0 Å². The minimum atomic E-state index is -0.718. The van der Waals surface area contributed by atoms with E-state index in [0.29, 0.717) is 12.6 Å². The number of aliphatic carboxylic acids is 1. The summed E-state index contributed by atoms with van der Waals surface area (Å²) in [5.74, 6) is -0.718. The number of hydrogen-bond acceptors (Lipinski definition) is 3. The molecule has 0 spiro atoms. The molecule has 1 unspecified atom stereocenters. The normalized spacial score (nSPS) is 12.0. The summed E-state index contributed by atoms with van der Waals surface area (Å²) in [4.78, 5) is 12.9. The fraction of sp³-hybridized carbons (Fsp3) is 0.562. The van der Waals surface area contributed by atoms with Gasteiger partial charge in [-0.25, -0.2) is 0 Å². The van der Waals surface area contributed by atoms with Gasteiger partial charge in [-0.3, -0.25) is 9.69 Å². The van der Waals surface area contributed by atoms with Gasteiger partial charge in [0.05, 0.1) is 6.61 Å². The van der Waals surface area contributed by atoms with Gasteiger partial charge in [-0.1, -0.05) is 30.3 Å². The van der Waals surface area contributed by atoms with E-state index in [4.69, 9.17) is 9.84 Å². The van der Waals surface area contributed by atoms with Gasteiger partial charge in [-0.2, -0.15) is 0 Å². The summed E-state index contributed by atoms with van der Waals surface area (Å²) in [5, 5.41) is 8.67. The molecule has 1 aromatic rings. The predicted octanol–water partition coefficient (Wildman–Crippen LogP) is 3.37. The Morgan fingerprint density at radius 2 is 1.90 bits per heavy atom. The molecule has 0 aliphatic heterocycles. The van der Waals surface area contributed by atoms with Crippen molar-refractivity contribution in [3.63, 3.8) is 0 Å². The van der Waals surface area contributed by atoms with E-state index in [1.165, 1.54) is 5.56 Å². The molecule has 0 saturated heterocycles. The SMILES string of the molecule is COCCN(CCCCC(=O)O)C(C)c1ccccc1.Cl. The third-order valence-electron chi connectivity index (χ3n) is 3.50. The van der Waals surface area contributed by atoms with E-state index in [0.717, 1.165) is 25.9 Å². The fourth-order valence-electron chi connectivity index (χ4n) is 2.24. The van der Waals surface area contributed by atoms with E-state index < -0.39 is 5.97 Å². The van der Waals surface area contributed by atoms with Gasteiger partial charge in [0.15, 0.2) is 0 Å². The number of carboxylic acids is 1. The van der Waals surface area contributed by atoms with Crippen LogP contribution in [0.5, 0.6) is 0 Å². The summed E-state index contributed by atoms with van der Waals surface area (Å²) in [5.41, 5.74) is 1.28. The number of ether oxygens (including phenoxy) is 1. The first-order chi connectivity index (χ1) is 9.65. The van der Waals surface area contributed by atoms with Crippen molar-refractivity contribution in [1.82, 2.24) is 4.90 Å². The molecule has 0 aliphatic carbocycles. The first-order valence-corrected chi connectivity index (χ1v) is 7.15. The average molecular weight is 316 g/mol. The Kier molecular flexibility index (Phi) is 10.9. The molecule has 0 heterocycles. The molecular weight excluding hydrogens is 290 g/mol. The Bertz CT molecular complexity index is 386. The van der Waals surface area contributed by atoms with E-state index in [9.17, 15) is 4.79 Å². The van der Waals surface area contributed by atoms with E-state index in [1.54, 1.807) is 7.11 Å². The van der Waals surface area contributed by atoms with Crippen LogP contribution in [0, 0.1) is 0 Å². The first-order valence-electron chi connectivity index (χ1n) is 7.15. The van der Waals surface area contributed by atoms with Crippen LogP contribution in [0.1, 0.15) is 37.8 Å². The molecule has 0 amide bonds. The Morgan fingerprint density at radius 3 is 2.48 bits per heavy atom. The summed E-state index contributed by atoms with van der Waals surface area (Å²) in [7, 11) is 1.70. The Hall–Kier alpha value is -1.10. The van der Waals surface area contributed by atoms with E-state index >= 15 is 0 Å². The molecule has 120 valence electrons. The minimum absolute atomic E-state index is 0. The highest BCUT2D eigenvalue weighted by Gasteiger charge is 2.15. The number of rotatable bonds is 10. The summed E-state index contributed by atoms with van der Waals surface area (Å²) in [6.45, 7) is 4.63. The molecule has 0 fully saturated rings. The molecular formula is C16H26ClNO3. The largest absolute Gasteiger partial charge is 0.481 e. The highest BCUT2D eigenvalue weighted by Crippen LogP contribution is 2.20. The molecule has 1 atom stereocenters. The lowest BCUT2D eigenvalue weighted by atomic mass is 10.1. The second kappa shape index (κ2) is 11.5. The van der Waals surface area contributed by atoms with Crippen LogP contribution in [0.15, 0.2) is 30.3 Å². The molecule has 4 nitrogen and oxygen atoms in total. The van der Waals surface area contributed by atoms with E-state index in [-0.39, 0.29) is 18.8 Å². The van der Waals surface area contributed by atoms with Crippen molar-refractivity contribution in [3.8, 4) is 0 Å². The van der Waals surface area contributed by atoms with Gasteiger partial charge in [-0.15, -0.1) is 12.4 Å². The highest BCUT2D eigenvalue weighted by atomic mass is 35.5. The minimum Gasteiger partial charge on any atom is -0.481 e. The number of benzene rings is 1. The molecule has 0 radical (unpaired) electrons. The van der Waals surface area contributed by atoms with Crippen LogP contribution < -0.4 is 0 Å². The summed E-state index contributed by atoms with van der Waals surface area (Å²) < 4.78 is 5.17. The second-order valence-corrected chi connectivity index (χ2v) is 4.97. The topological polar surface area (TPSA) is 49.8 Å². The standard InChI is InChI=1S/C16H25NO3.ClH/c1-14(15-8-4-3-5-9-15)17(12-13-20-2)11-7-6-10-16(18)19;/h3-5,8-9,14H,6-7,10-13H2,1-2H3,(H,18,19);1H. The van der Waals surface area contributed by atoms with Crippen molar-refractivity contribution in [2.24, 2.45) is 0 Å². The van der Waals surface area contributed by atoms with Gasteiger partial charge in [0.2, 0.25) is 0 Å². The molecule has 21 heavy (non-hydrogen) atoms. The third kappa shape index (κ3) is 8.05. The molecule has 0 bridgehead atoms. The lowest BCUT2D eigenvalue weighted by Crippen LogP contribution is -2.31. The molecule has 0 aromatic heterocycles. The molecule has 5 heteroatoms. The van der Waals surface area contributed by atoms with Gasteiger partial charge in [0.1, 0.15) is 0 Å². The van der Waals surface area contributed by atoms with Crippen LogP contribution in [0.25, 0.3) is 0 Å². The zero-order valence-electron chi connectivity index (χ0n) is 12.8. The number of methoxy groups -OCH3 is 1. The maximum atomic E-state index is 10.5. The summed E-state index contributed by atoms with van der Waals surface area (Å²) in [6, 6.07) is 10.7. The Labute approximate surface area is 133 Å². The lowest BCUT2D eigenvalue weighted by molar-refractivity contribution is -0.137. The van der Waals surface area contributed by atoms with Crippen molar-refractivity contribution in [2.75, 3.05) is 26.8 Å². The zero-order chi connectivity index (χ0) is 14.8. The van der Waals surface area contributed by atoms with Crippen LogP contribution in [-0.2, 0) is 9.53 Å². The monoisotopic (exact) mass is 315 g/mol. The van der Waals surface area contributed by atoms with Crippen molar-refractivity contribution >= 4 is 18.4 Å². The van der Waals surface area contributed by atoms with Gasteiger partial charge >= 0.3 is 5.97 Å². The number of carboxylic acid groups (broad SMARTS) is 1. The number of carbonyl (C=O) groups is 1. The van der Waals surface area contributed by atoms with Crippen LogP contribution in [0.4, 0.5) is 0 Å². The van der Waals surface area contributed by atoms with Crippen LogP contribution in [0.3, 0.4) is 0 Å². The number of halogens is 1. The third-order valence-corrected chi connectivity index (χ3v) is 3.50. The number of nitrogens with zero attached hydrogens (tertiary/aromatic N) is 1. The predicted molar refractivity (Wildman–Crippen MR) is 87.0 cm³/mol. The van der Waals surface area contributed by atoms with E-state index in [2.05, 4.69) is 24.0 Å². The zero-order valence-corrected chi connectivity index (χ0v) is 13.6. The fourth-order valence-corrected chi connectivity index (χ4v) is 2.24. The number of hydrogen-bond donors (Lipinski definition) is 1. The smallest absolute Gasteiger partial charge is 0.303 e. The maximum Gasteiger partial charge on any atom is 0.303 e. The Morgan fingerprint density at radius 1 is 1.24 bits per heavy atom. The van der Waals surface area contributed by atoms with Gasteiger partial charge < -0.3 is 9.84 Å². The number of unbranched alkanes of at least 4 members (excludes halogenated alkanes) is 1. The lowest BCUT2D eigenvalue weighted by Gasteiger charge is -2.29. The molecule has 0 aliphatic rings. The van der Waals surface area contributed by atoms with Crippen molar-refractivity contribution in [2.45, 2.75) is 32.2 Å². The van der Waals surface area contributed by atoms with Crippen molar-refractivity contribution in [3.05, 3.63) is 35.9 Å². The van der Waals surface area contributed by atoms with Crippen LogP contribution in [-0.4, -0.2) is 42.8 Å². The van der Waals surface area contributed by atoms with Crippen LogP contribution in [0.2, 0.25) is 0 Å². The van der Waals surface area contributed by atoms with Gasteiger partial charge in [0, 0.05) is 26.1 Å². The molecule has 1 N–H and O–H groups in total. The summed E-state index contributed by atoms with van der Waals surface area (Å²) in [6.07, 6.45) is 1.87. The molecule has 1 rings (SSSR count). The van der Waals surface area contributed by atoms with Gasteiger partial charge in [0.25, 0.3) is 0 Å². The summed E-state index contributed by atoms with van der Waals surface area (Å²) >= 11 is 0. The van der Waals surface area contributed by atoms with Crippen LogP contribution >= 0.6 is 12.4 Å². The molecule has 0 saturated carbocycles. The second-order valence-electron chi connectivity index (χ2n) is 4.97.